The molecule has 0 fully saturated rings. The van der Waals surface area contributed by atoms with Crippen LogP contribution in [0, 0.1) is 9.81 Å². The highest BCUT2D eigenvalue weighted by atomic mass is 32.2. The second-order valence-electron chi connectivity index (χ2n) is 6.11. The summed E-state index contributed by atoms with van der Waals surface area (Å²) in [6.45, 7) is 8.20. The Morgan fingerprint density at radius 3 is 2.52 bits per heavy atom. The number of rotatable bonds is 10. The zero-order valence-corrected chi connectivity index (χ0v) is 15.5. The molecule has 23 heavy (non-hydrogen) atoms. The minimum absolute atomic E-state index is 0.367. The van der Waals surface area contributed by atoms with Gasteiger partial charge in [-0.3, -0.25) is 0 Å². The molecule has 0 N–H and O–H groups in total. The first-order chi connectivity index (χ1) is 10.7. The molecule has 0 saturated heterocycles. The van der Waals surface area contributed by atoms with Crippen molar-refractivity contribution < 1.29 is 4.84 Å². The standard InChI is InChI=1S/C13H21N5O3S2/c1-12(2,21-16-19)8-18(9-13(3,4)23-17-20)10-6-7-14-11(15-10)22-5/h6-7H,8-9H2,1-5H3. The van der Waals surface area contributed by atoms with Gasteiger partial charge in [0.15, 0.2) is 16.1 Å². The van der Waals surface area contributed by atoms with Crippen molar-refractivity contribution in [3.8, 4) is 0 Å². The number of anilines is 1. The van der Waals surface area contributed by atoms with Gasteiger partial charge in [0.1, 0.15) is 5.82 Å². The maximum atomic E-state index is 10.6. The molecule has 1 rings (SSSR count). The van der Waals surface area contributed by atoms with Crippen LogP contribution in [0.25, 0.3) is 0 Å². The lowest BCUT2D eigenvalue weighted by atomic mass is 10.1. The fourth-order valence-electron chi connectivity index (χ4n) is 2.00. The lowest BCUT2D eigenvalue weighted by molar-refractivity contribution is -0.0115. The second-order valence-corrected chi connectivity index (χ2v) is 8.32. The number of hydrogen-bond donors (Lipinski definition) is 0. The maximum Gasteiger partial charge on any atom is 0.189 e. The van der Waals surface area contributed by atoms with Gasteiger partial charge < -0.3 is 9.74 Å². The molecule has 0 aliphatic carbocycles. The van der Waals surface area contributed by atoms with E-state index >= 15 is 0 Å². The Bertz CT molecular complexity index is 518. The van der Waals surface area contributed by atoms with Crippen LogP contribution in [0.15, 0.2) is 27.3 Å². The van der Waals surface area contributed by atoms with Gasteiger partial charge in [-0.05, 0) is 40.0 Å². The third kappa shape index (κ3) is 6.69. The van der Waals surface area contributed by atoms with E-state index in [4.69, 9.17) is 4.84 Å². The molecule has 1 heterocycles. The van der Waals surface area contributed by atoms with Gasteiger partial charge in [-0.25, -0.2) is 9.97 Å². The van der Waals surface area contributed by atoms with Crippen molar-refractivity contribution in [2.24, 2.45) is 9.92 Å². The van der Waals surface area contributed by atoms with Crippen LogP contribution in [0.5, 0.6) is 0 Å². The van der Waals surface area contributed by atoms with Crippen molar-refractivity contribution in [2.75, 3.05) is 24.2 Å². The highest BCUT2D eigenvalue weighted by molar-refractivity contribution is 7.99. The molecule has 0 atom stereocenters. The summed E-state index contributed by atoms with van der Waals surface area (Å²) in [5.74, 6) is 0.687. The van der Waals surface area contributed by atoms with E-state index in [0.717, 1.165) is 11.9 Å². The number of thioether (sulfide) groups is 1. The largest absolute Gasteiger partial charge is 0.356 e. The van der Waals surface area contributed by atoms with E-state index in [-0.39, 0.29) is 0 Å². The SMILES string of the molecule is CSc1nccc(N(CC(C)(C)ON=O)CC(C)(C)SN=O)n1. The van der Waals surface area contributed by atoms with Crippen LogP contribution >= 0.6 is 23.7 Å². The van der Waals surface area contributed by atoms with Gasteiger partial charge in [0.05, 0.1) is 11.3 Å². The van der Waals surface area contributed by atoms with Gasteiger partial charge >= 0.3 is 0 Å². The molecule has 0 aliphatic heterocycles. The number of hydrogen-bond acceptors (Lipinski definition) is 10. The normalized spacial score (nSPS) is 11.9. The topological polar surface area (TPSA) is 97.1 Å². The van der Waals surface area contributed by atoms with Crippen molar-refractivity contribution in [3.63, 3.8) is 0 Å². The molecule has 0 unspecified atom stereocenters. The smallest absolute Gasteiger partial charge is 0.189 e. The molecule has 1 aromatic rings. The van der Waals surface area contributed by atoms with Gasteiger partial charge in [-0.2, -0.15) is 0 Å². The van der Waals surface area contributed by atoms with E-state index in [1.54, 1.807) is 26.1 Å². The second kappa shape index (κ2) is 8.44. The van der Waals surface area contributed by atoms with E-state index in [1.807, 2.05) is 25.0 Å². The summed E-state index contributed by atoms with van der Waals surface area (Å²) in [6, 6.07) is 1.78. The van der Waals surface area contributed by atoms with Crippen molar-refractivity contribution in [3.05, 3.63) is 22.1 Å². The summed E-state index contributed by atoms with van der Waals surface area (Å²) < 4.78 is 2.49. The molecule has 0 bridgehead atoms. The number of aromatic nitrogens is 2. The van der Waals surface area contributed by atoms with E-state index in [9.17, 15) is 9.81 Å². The summed E-state index contributed by atoms with van der Waals surface area (Å²) in [5, 5.41) is 3.17. The number of nitrogens with zero attached hydrogens (tertiary/aromatic N) is 5. The van der Waals surface area contributed by atoms with Crippen LogP contribution in [-0.2, 0) is 4.84 Å². The minimum Gasteiger partial charge on any atom is -0.356 e. The van der Waals surface area contributed by atoms with Crippen molar-refractivity contribution >= 4 is 29.5 Å². The predicted molar refractivity (Wildman–Crippen MR) is 94.5 cm³/mol. The van der Waals surface area contributed by atoms with E-state index in [0.29, 0.717) is 24.1 Å². The van der Waals surface area contributed by atoms with Crippen LogP contribution in [0.4, 0.5) is 5.82 Å². The minimum atomic E-state index is -0.804. The third-order valence-corrected chi connectivity index (χ3v) is 4.10. The van der Waals surface area contributed by atoms with E-state index in [2.05, 4.69) is 19.9 Å². The molecular weight excluding hydrogens is 338 g/mol. The molecule has 128 valence electrons. The molecule has 0 amide bonds. The van der Waals surface area contributed by atoms with Crippen molar-refractivity contribution in [1.29, 1.82) is 0 Å². The van der Waals surface area contributed by atoms with Crippen LogP contribution in [0.2, 0.25) is 0 Å². The molecule has 0 aliphatic rings. The summed E-state index contributed by atoms with van der Waals surface area (Å²) in [5.41, 5.74) is -0.804. The monoisotopic (exact) mass is 359 g/mol. The fourth-order valence-corrected chi connectivity index (χ4v) is 2.77. The van der Waals surface area contributed by atoms with Gasteiger partial charge in [0.25, 0.3) is 0 Å². The molecule has 0 saturated carbocycles. The Labute approximate surface area is 144 Å². The maximum absolute atomic E-state index is 10.6. The molecule has 0 radical (unpaired) electrons. The molecular formula is C13H21N5O3S2. The summed E-state index contributed by atoms with van der Waals surface area (Å²) in [7, 11) is 0. The fraction of sp³-hybridized carbons (Fsp3) is 0.692. The summed E-state index contributed by atoms with van der Waals surface area (Å²) in [6.07, 6.45) is 3.56. The van der Waals surface area contributed by atoms with Crippen LogP contribution in [0.1, 0.15) is 27.7 Å². The highest BCUT2D eigenvalue weighted by Crippen LogP contribution is 2.29. The zero-order valence-electron chi connectivity index (χ0n) is 13.8. The summed E-state index contributed by atoms with van der Waals surface area (Å²) in [4.78, 5) is 36.5. The van der Waals surface area contributed by atoms with Crippen LogP contribution in [0.3, 0.4) is 0 Å². The average molecular weight is 359 g/mol. The van der Waals surface area contributed by atoms with E-state index in [1.165, 1.54) is 11.8 Å². The van der Waals surface area contributed by atoms with Gasteiger partial charge in [-0.1, -0.05) is 11.8 Å². The average Bonchev–Trinajstić information content (AvgIpc) is 2.46. The van der Waals surface area contributed by atoms with Crippen LogP contribution in [-0.4, -0.2) is 39.7 Å². The molecule has 0 aromatic carbocycles. The zero-order chi connectivity index (χ0) is 17.5. The third-order valence-electron chi connectivity index (χ3n) is 2.84. The Hall–Kier alpha value is -1.42. The Morgan fingerprint density at radius 1 is 1.26 bits per heavy atom. The first kappa shape index (κ1) is 19.6. The van der Waals surface area contributed by atoms with Crippen molar-refractivity contribution in [1.82, 2.24) is 9.97 Å². The lowest BCUT2D eigenvalue weighted by Gasteiger charge is -2.35. The predicted octanol–water partition coefficient (Wildman–Crippen LogP) is 3.67. The Morgan fingerprint density at radius 2 is 1.96 bits per heavy atom. The lowest BCUT2D eigenvalue weighted by Crippen LogP contribution is -2.45. The van der Waals surface area contributed by atoms with E-state index < -0.39 is 10.3 Å². The van der Waals surface area contributed by atoms with Gasteiger partial charge in [0.2, 0.25) is 0 Å². The van der Waals surface area contributed by atoms with Crippen molar-refractivity contribution in [2.45, 2.75) is 43.2 Å². The molecule has 10 heteroatoms. The molecule has 8 nitrogen and oxygen atoms in total. The molecule has 0 spiro atoms. The summed E-state index contributed by atoms with van der Waals surface area (Å²) >= 11 is 2.39. The molecule has 1 aromatic heterocycles. The van der Waals surface area contributed by atoms with Gasteiger partial charge in [-0.15, -0.1) is 9.81 Å². The first-order valence-electron chi connectivity index (χ1n) is 6.87. The first-order valence-corrected chi connectivity index (χ1v) is 8.86. The highest BCUT2D eigenvalue weighted by Gasteiger charge is 2.31. The number of nitroso groups, excluding NO2 is 1. The Kier molecular flexibility index (Phi) is 7.20. The quantitative estimate of drug-likeness (QED) is 0.205. The Balaban J connectivity index is 3.09. The van der Waals surface area contributed by atoms with Gasteiger partial charge in [0, 0.05) is 29.3 Å². The van der Waals surface area contributed by atoms with Crippen LogP contribution < -0.4 is 4.90 Å².